The largest absolute Gasteiger partial charge is 0.481 e. The molecule has 1 amide bonds. The van der Waals surface area contributed by atoms with E-state index in [9.17, 15) is 9.59 Å². The van der Waals surface area contributed by atoms with Crippen LogP contribution in [0.5, 0.6) is 0 Å². The highest BCUT2D eigenvalue weighted by Crippen LogP contribution is 2.22. The number of nitrogens with zero attached hydrogens (tertiary/aromatic N) is 1. The van der Waals surface area contributed by atoms with E-state index in [1.807, 2.05) is 4.90 Å². The van der Waals surface area contributed by atoms with Gasteiger partial charge in [0, 0.05) is 25.9 Å². The number of piperidine rings is 1. The molecule has 0 spiro atoms. The molecule has 102 valence electrons. The topological polar surface area (TPSA) is 69.6 Å². The normalized spacial score (nSPS) is 28.3. The minimum atomic E-state index is -0.759. The molecule has 0 aromatic carbocycles. The molecule has 0 radical (unpaired) electrons. The predicted octanol–water partition coefficient (Wildman–Crippen LogP) is 0.699. The van der Waals surface area contributed by atoms with E-state index < -0.39 is 5.97 Å². The van der Waals surface area contributed by atoms with Crippen LogP contribution in [0.1, 0.15) is 32.1 Å². The van der Waals surface area contributed by atoms with Gasteiger partial charge in [-0.05, 0) is 44.2 Å². The quantitative estimate of drug-likeness (QED) is 0.775. The highest BCUT2D eigenvalue weighted by molar-refractivity contribution is 5.77. The van der Waals surface area contributed by atoms with E-state index >= 15 is 0 Å². The molecular formula is C13H22N2O3. The van der Waals surface area contributed by atoms with E-state index in [1.165, 1.54) is 0 Å². The average Bonchev–Trinajstić information content (AvgIpc) is 2.78. The second-order valence-corrected chi connectivity index (χ2v) is 5.51. The zero-order chi connectivity index (χ0) is 13.0. The summed E-state index contributed by atoms with van der Waals surface area (Å²) in [4.78, 5) is 24.6. The Morgan fingerprint density at radius 1 is 1.22 bits per heavy atom. The number of hydrogen-bond acceptors (Lipinski definition) is 3. The van der Waals surface area contributed by atoms with Crippen LogP contribution < -0.4 is 5.32 Å². The summed E-state index contributed by atoms with van der Waals surface area (Å²) in [5, 5.41) is 12.1. The fourth-order valence-electron chi connectivity index (χ4n) is 2.95. The molecule has 2 aliphatic rings. The first-order valence-electron chi connectivity index (χ1n) is 6.85. The van der Waals surface area contributed by atoms with Gasteiger partial charge in [0.2, 0.25) is 5.91 Å². The third-order valence-electron chi connectivity index (χ3n) is 3.96. The van der Waals surface area contributed by atoms with Crippen LogP contribution >= 0.6 is 0 Å². The van der Waals surface area contributed by atoms with Gasteiger partial charge < -0.3 is 15.3 Å². The van der Waals surface area contributed by atoms with Crippen molar-refractivity contribution in [1.29, 1.82) is 0 Å². The summed E-state index contributed by atoms with van der Waals surface area (Å²) >= 11 is 0. The van der Waals surface area contributed by atoms with Crippen molar-refractivity contribution >= 4 is 11.9 Å². The summed E-state index contributed by atoms with van der Waals surface area (Å²) in [7, 11) is 0. The van der Waals surface area contributed by atoms with Crippen LogP contribution in [0, 0.1) is 11.8 Å². The van der Waals surface area contributed by atoms with E-state index in [0.717, 1.165) is 38.9 Å². The molecule has 2 fully saturated rings. The first-order valence-corrected chi connectivity index (χ1v) is 6.85. The Morgan fingerprint density at radius 2 is 2.06 bits per heavy atom. The Hall–Kier alpha value is -1.10. The van der Waals surface area contributed by atoms with E-state index in [0.29, 0.717) is 18.9 Å². The lowest BCUT2D eigenvalue weighted by molar-refractivity contribution is -0.138. The molecule has 0 aliphatic carbocycles. The summed E-state index contributed by atoms with van der Waals surface area (Å²) < 4.78 is 0. The summed E-state index contributed by atoms with van der Waals surface area (Å²) in [6, 6.07) is 0. The molecule has 2 atom stereocenters. The van der Waals surface area contributed by atoms with Crippen molar-refractivity contribution in [2.75, 3.05) is 26.2 Å². The maximum absolute atomic E-state index is 12.1. The zero-order valence-electron chi connectivity index (χ0n) is 10.7. The van der Waals surface area contributed by atoms with E-state index in [-0.39, 0.29) is 18.2 Å². The Balaban J connectivity index is 1.74. The number of nitrogens with one attached hydrogen (secondary N) is 1. The maximum atomic E-state index is 12.1. The van der Waals surface area contributed by atoms with Gasteiger partial charge in [0.1, 0.15) is 0 Å². The number of carbonyl (C=O) groups excluding carboxylic acids is 1. The van der Waals surface area contributed by atoms with Gasteiger partial charge in [0.15, 0.2) is 0 Å². The summed E-state index contributed by atoms with van der Waals surface area (Å²) in [5.74, 6) is 0.0584. The molecule has 5 nitrogen and oxygen atoms in total. The first-order chi connectivity index (χ1) is 8.65. The van der Waals surface area contributed by atoms with Crippen molar-refractivity contribution in [2.24, 2.45) is 11.8 Å². The van der Waals surface area contributed by atoms with Gasteiger partial charge in [-0.3, -0.25) is 9.59 Å². The molecule has 2 aliphatic heterocycles. The molecular weight excluding hydrogens is 232 g/mol. The van der Waals surface area contributed by atoms with Crippen LogP contribution in [0.4, 0.5) is 0 Å². The van der Waals surface area contributed by atoms with Gasteiger partial charge in [0.25, 0.3) is 0 Å². The summed E-state index contributed by atoms with van der Waals surface area (Å²) in [6.07, 6.45) is 3.92. The van der Waals surface area contributed by atoms with Crippen molar-refractivity contribution in [3.8, 4) is 0 Å². The molecule has 2 N–H and O–H groups in total. The van der Waals surface area contributed by atoms with Crippen LogP contribution in [0.25, 0.3) is 0 Å². The zero-order valence-corrected chi connectivity index (χ0v) is 10.7. The van der Waals surface area contributed by atoms with Crippen LogP contribution in [0.2, 0.25) is 0 Å². The van der Waals surface area contributed by atoms with Gasteiger partial charge in [-0.2, -0.15) is 0 Å². The summed E-state index contributed by atoms with van der Waals surface area (Å²) in [6.45, 7) is 3.37. The van der Waals surface area contributed by atoms with Crippen molar-refractivity contribution < 1.29 is 14.7 Å². The van der Waals surface area contributed by atoms with Crippen LogP contribution in [-0.4, -0.2) is 48.1 Å². The fourth-order valence-corrected chi connectivity index (χ4v) is 2.95. The molecule has 2 rings (SSSR count). The van der Waals surface area contributed by atoms with Crippen LogP contribution in [0.3, 0.4) is 0 Å². The molecule has 0 aromatic rings. The minimum Gasteiger partial charge on any atom is -0.481 e. The molecule has 0 saturated carbocycles. The number of aliphatic carboxylic acids is 1. The second-order valence-electron chi connectivity index (χ2n) is 5.51. The van der Waals surface area contributed by atoms with Crippen molar-refractivity contribution in [1.82, 2.24) is 10.2 Å². The predicted molar refractivity (Wildman–Crippen MR) is 67.2 cm³/mol. The number of carboxylic acids is 1. The van der Waals surface area contributed by atoms with Crippen molar-refractivity contribution in [2.45, 2.75) is 32.1 Å². The van der Waals surface area contributed by atoms with Crippen molar-refractivity contribution in [3.63, 3.8) is 0 Å². The molecule has 0 bridgehead atoms. The van der Waals surface area contributed by atoms with E-state index in [4.69, 9.17) is 5.11 Å². The maximum Gasteiger partial charge on any atom is 0.303 e. The minimum absolute atomic E-state index is 0.149. The molecule has 2 saturated heterocycles. The molecule has 2 heterocycles. The Kier molecular flexibility index (Phi) is 4.58. The number of amides is 1. The Bertz CT molecular complexity index is 313. The van der Waals surface area contributed by atoms with E-state index in [1.54, 1.807) is 0 Å². The lowest BCUT2D eigenvalue weighted by Crippen LogP contribution is -2.35. The van der Waals surface area contributed by atoms with E-state index in [2.05, 4.69) is 5.32 Å². The lowest BCUT2D eigenvalue weighted by atomic mass is 9.95. The van der Waals surface area contributed by atoms with Gasteiger partial charge in [-0.1, -0.05) is 0 Å². The van der Waals surface area contributed by atoms with Gasteiger partial charge in [-0.25, -0.2) is 0 Å². The fraction of sp³-hybridized carbons (Fsp3) is 0.846. The molecule has 0 aromatic heterocycles. The van der Waals surface area contributed by atoms with Crippen LogP contribution in [-0.2, 0) is 9.59 Å². The monoisotopic (exact) mass is 254 g/mol. The number of likely N-dealkylation sites (tertiary alicyclic amines) is 1. The standard InChI is InChI=1S/C13H22N2O3/c16-12(6-10-2-1-4-14-8-10)15-5-3-11(9-15)7-13(17)18/h10-11,14H,1-9H2,(H,17,18). The first kappa shape index (κ1) is 13.3. The van der Waals surface area contributed by atoms with Gasteiger partial charge in [-0.15, -0.1) is 0 Å². The Morgan fingerprint density at radius 3 is 2.72 bits per heavy atom. The molecule has 2 unspecified atom stereocenters. The average molecular weight is 254 g/mol. The van der Waals surface area contributed by atoms with Gasteiger partial charge in [0.05, 0.1) is 0 Å². The third-order valence-corrected chi connectivity index (χ3v) is 3.96. The molecule has 18 heavy (non-hydrogen) atoms. The van der Waals surface area contributed by atoms with Gasteiger partial charge >= 0.3 is 5.97 Å². The smallest absolute Gasteiger partial charge is 0.303 e. The Labute approximate surface area is 108 Å². The molecule has 5 heteroatoms. The van der Waals surface area contributed by atoms with Crippen molar-refractivity contribution in [3.05, 3.63) is 0 Å². The second kappa shape index (κ2) is 6.18. The lowest BCUT2D eigenvalue weighted by Gasteiger charge is -2.24. The summed E-state index contributed by atoms with van der Waals surface area (Å²) in [5.41, 5.74) is 0. The van der Waals surface area contributed by atoms with Crippen LogP contribution in [0.15, 0.2) is 0 Å². The highest BCUT2D eigenvalue weighted by atomic mass is 16.4. The number of carbonyl (C=O) groups is 2. The number of carboxylic acid groups (broad SMARTS) is 1. The SMILES string of the molecule is O=C(O)CC1CCN(C(=O)CC2CCCNC2)C1. The third kappa shape index (κ3) is 3.70. The number of rotatable bonds is 4. The number of hydrogen-bond donors (Lipinski definition) is 2. The highest BCUT2D eigenvalue weighted by Gasteiger charge is 2.29.